The van der Waals surface area contributed by atoms with E-state index in [1.165, 1.54) is 12.1 Å². The fourth-order valence-electron chi connectivity index (χ4n) is 1.94. The third kappa shape index (κ3) is 4.56. The van der Waals surface area contributed by atoms with Crippen molar-refractivity contribution >= 4 is 10.0 Å². The van der Waals surface area contributed by atoms with Gasteiger partial charge in [0.1, 0.15) is 5.82 Å². The normalized spacial score (nSPS) is 13.5. The van der Waals surface area contributed by atoms with E-state index >= 15 is 0 Å². The summed E-state index contributed by atoms with van der Waals surface area (Å²) in [7, 11) is -1.97. The fraction of sp³-hybridized carbons (Fsp3) is 0.538. The second-order valence-corrected chi connectivity index (χ2v) is 6.28. The van der Waals surface area contributed by atoms with Gasteiger partial charge in [-0.05, 0) is 38.1 Å². The summed E-state index contributed by atoms with van der Waals surface area (Å²) in [6.07, 6.45) is 1.63. The van der Waals surface area contributed by atoms with Crippen LogP contribution in [0.4, 0.5) is 4.39 Å². The number of hydrogen-bond donors (Lipinski definition) is 2. The van der Waals surface area contributed by atoms with Crippen molar-refractivity contribution in [3.8, 4) is 0 Å². The van der Waals surface area contributed by atoms with Gasteiger partial charge in [-0.1, -0.05) is 19.4 Å². The molecule has 0 saturated carbocycles. The van der Waals surface area contributed by atoms with E-state index in [9.17, 15) is 12.8 Å². The molecule has 0 heterocycles. The summed E-state index contributed by atoms with van der Waals surface area (Å²) in [6, 6.07) is 3.65. The molecule has 0 aromatic heterocycles. The van der Waals surface area contributed by atoms with Gasteiger partial charge >= 0.3 is 0 Å². The average Bonchev–Trinajstić information content (AvgIpc) is 2.31. The highest BCUT2D eigenvalue weighted by Crippen LogP contribution is 2.18. The molecule has 1 aromatic carbocycles. The molecule has 1 aromatic rings. The molecule has 0 spiro atoms. The molecule has 0 aliphatic heterocycles. The Bertz CT molecular complexity index is 517. The van der Waals surface area contributed by atoms with Crippen molar-refractivity contribution in [2.24, 2.45) is 0 Å². The van der Waals surface area contributed by atoms with E-state index in [2.05, 4.69) is 10.0 Å². The molecular weight excluding hydrogens is 267 g/mol. The number of halogens is 1. The molecule has 0 saturated heterocycles. The minimum atomic E-state index is -3.69. The van der Waals surface area contributed by atoms with Gasteiger partial charge in [0.25, 0.3) is 0 Å². The summed E-state index contributed by atoms with van der Waals surface area (Å²) >= 11 is 0. The van der Waals surface area contributed by atoms with Crippen molar-refractivity contribution < 1.29 is 12.8 Å². The minimum absolute atomic E-state index is 0.00445. The fourth-order valence-corrected chi connectivity index (χ4v) is 3.46. The number of hydrogen-bond acceptors (Lipinski definition) is 3. The first-order chi connectivity index (χ1) is 8.90. The molecule has 0 bridgehead atoms. The van der Waals surface area contributed by atoms with E-state index in [0.717, 1.165) is 18.9 Å². The predicted molar refractivity (Wildman–Crippen MR) is 73.9 cm³/mol. The molecule has 0 amide bonds. The van der Waals surface area contributed by atoms with Crippen LogP contribution in [0.2, 0.25) is 0 Å². The Labute approximate surface area is 114 Å². The summed E-state index contributed by atoms with van der Waals surface area (Å²) in [5, 5.41) is 2.88. The van der Waals surface area contributed by atoms with Crippen LogP contribution in [0.1, 0.15) is 32.3 Å². The van der Waals surface area contributed by atoms with Crippen LogP contribution in [0, 0.1) is 5.82 Å². The van der Waals surface area contributed by atoms with Crippen LogP contribution in [-0.2, 0) is 16.6 Å². The van der Waals surface area contributed by atoms with Gasteiger partial charge in [0.2, 0.25) is 10.0 Å². The average molecular weight is 288 g/mol. The zero-order valence-corrected chi connectivity index (χ0v) is 12.3. The lowest BCUT2D eigenvalue weighted by Crippen LogP contribution is -2.33. The van der Waals surface area contributed by atoms with Gasteiger partial charge in [0.05, 0.1) is 4.90 Å². The minimum Gasteiger partial charge on any atom is -0.316 e. The van der Waals surface area contributed by atoms with Gasteiger partial charge in [0, 0.05) is 12.6 Å². The molecule has 2 N–H and O–H groups in total. The van der Waals surface area contributed by atoms with Crippen LogP contribution < -0.4 is 10.0 Å². The van der Waals surface area contributed by atoms with Gasteiger partial charge in [-0.25, -0.2) is 17.5 Å². The zero-order chi connectivity index (χ0) is 14.5. The highest BCUT2D eigenvalue weighted by atomic mass is 32.2. The van der Waals surface area contributed by atoms with E-state index in [1.54, 1.807) is 14.0 Å². The topological polar surface area (TPSA) is 58.2 Å². The maximum Gasteiger partial charge on any atom is 0.241 e. The van der Waals surface area contributed by atoms with Gasteiger partial charge in [-0.2, -0.15) is 0 Å². The van der Waals surface area contributed by atoms with Gasteiger partial charge in [0.15, 0.2) is 0 Å². The van der Waals surface area contributed by atoms with E-state index in [-0.39, 0.29) is 10.9 Å². The molecule has 19 heavy (non-hydrogen) atoms. The quantitative estimate of drug-likeness (QED) is 0.807. The smallest absolute Gasteiger partial charge is 0.241 e. The monoisotopic (exact) mass is 288 g/mol. The molecule has 108 valence electrons. The summed E-state index contributed by atoms with van der Waals surface area (Å²) in [5.74, 6) is -0.552. The Morgan fingerprint density at radius 1 is 1.37 bits per heavy atom. The molecule has 0 aliphatic rings. The maximum atomic E-state index is 13.3. The lowest BCUT2D eigenvalue weighted by Gasteiger charge is -2.15. The van der Waals surface area contributed by atoms with Crippen LogP contribution in [0.5, 0.6) is 0 Å². The van der Waals surface area contributed by atoms with Gasteiger partial charge in [-0.3, -0.25) is 0 Å². The van der Waals surface area contributed by atoms with E-state index in [0.29, 0.717) is 12.1 Å². The van der Waals surface area contributed by atoms with Crippen LogP contribution in [0.25, 0.3) is 0 Å². The van der Waals surface area contributed by atoms with E-state index in [4.69, 9.17) is 0 Å². The number of benzene rings is 1. The predicted octanol–water partition coefficient (Wildman–Crippen LogP) is 2.01. The second kappa shape index (κ2) is 6.98. The highest BCUT2D eigenvalue weighted by Gasteiger charge is 2.21. The first-order valence-electron chi connectivity index (χ1n) is 6.36. The molecule has 1 rings (SSSR count). The maximum absolute atomic E-state index is 13.3. The van der Waals surface area contributed by atoms with Crippen molar-refractivity contribution in [2.75, 3.05) is 7.05 Å². The van der Waals surface area contributed by atoms with Gasteiger partial charge in [-0.15, -0.1) is 0 Å². The van der Waals surface area contributed by atoms with Crippen molar-refractivity contribution in [3.05, 3.63) is 29.6 Å². The number of nitrogens with one attached hydrogen (secondary N) is 2. The van der Waals surface area contributed by atoms with Crippen LogP contribution in [0.3, 0.4) is 0 Å². The third-order valence-corrected chi connectivity index (χ3v) is 4.44. The van der Waals surface area contributed by atoms with Crippen LogP contribution in [-0.4, -0.2) is 21.5 Å². The van der Waals surface area contributed by atoms with Gasteiger partial charge < -0.3 is 5.32 Å². The molecular formula is C13H21FN2O2S. The Hall–Kier alpha value is -0.980. The second-order valence-electron chi connectivity index (χ2n) is 4.59. The zero-order valence-electron chi connectivity index (χ0n) is 11.5. The molecule has 0 aliphatic carbocycles. The molecule has 0 radical (unpaired) electrons. The van der Waals surface area contributed by atoms with Crippen molar-refractivity contribution in [1.29, 1.82) is 0 Å². The van der Waals surface area contributed by atoms with E-state index < -0.39 is 15.8 Å². The summed E-state index contributed by atoms with van der Waals surface area (Å²) in [5.41, 5.74) is 0.556. The summed E-state index contributed by atoms with van der Waals surface area (Å²) in [4.78, 5) is 0.00445. The van der Waals surface area contributed by atoms with Crippen molar-refractivity contribution in [3.63, 3.8) is 0 Å². The molecule has 0 fully saturated rings. The lowest BCUT2D eigenvalue weighted by molar-refractivity contribution is 0.540. The summed E-state index contributed by atoms with van der Waals surface area (Å²) < 4.78 is 40.4. The van der Waals surface area contributed by atoms with Crippen LogP contribution >= 0.6 is 0 Å². The third-order valence-electron chi connectivity index (χ3n) is 2.76. The van der Waals surface area contributed by atoms with Crippen LogP contribution in [0.15, 0.2) is 23.1 Å². The lowest BCUT2D eigenvalue weighted by atomic mass is 10.2. The number of sulfonamides is 1. The van der Waals surface area contributed by atoms with Crippen molar-refractivity contribution in [2.45, 2.75) is 44.2 Å². The Balaban J connectivity index is 3.08. The van der Waals surface area contributed by atoms with Crippen molar-refractivity contribution in [1.82, 2.24) is 10.0 Å². The molecule has 6 heteroatoms. The molecule has 1 unspecified atom stereocenters. The Morgan fingerprint density at radius 2 is 2.05 bits per heavy atom. The van der Waals surface area contributed by atoms with E-state index in [1.807, 2.05) is 6.92 Å². The molecule has 1 atom stereocenters. The standard InChI is InChI=1S/C13H21FN2O2S/c1-4-5-10(2)16-19(17,18)13-8-12(14)7-6-11(13)9-15-3/h6-8,10,15-16H,4-5,9H2,1-3H3. The Morgan fingerprint density at radius 3 is 2.63 bits per heavy atom. The highest BCUT2D eigenvalue weighted by molar-refractivity contribution is 7.89. The Kier molecular flexibility index (Phi) is 5.90. The first kappa shape index (κ1) is 16.1. The largest absolute Gasteiger partial charge is 0.316 e. The first-order valence-corrected chi connectivity index (χ1v) is 7.84. The SMILES string of the molecule is CCCC(C)NS(=O)(=O)c1cc(F)ccc1CNC. The molecule has 4 nitrogen and oxygen atoms in total. The number of rotatable bonds is 7. The summed E-state index contributed by atoms with van der Waals surface area (Å²) in [6.45, 7) is 4.16.